The fraction of sp³-hybridized carbons (Fsp3) is 0.588. The molecule has 2 unspecified atom stereocenters. The van der Waals surface area contributed by atoms with Crippen molar-refractivity contribution in [2.75, 3.05) is 39.3 Å². The Balaban J connectivity index is 1.56. The number of piperazine rings is 1. The molecule has 0 aliphatic carbocycles. The minimum absolute atomic E-state index is 0.0796. The van der Waals surface area contributed by atoms with Gasteiger partial charge in [-0.05, 0) is 31.4 Å². The zero-order chi connectivity index (χ0) is 18.7. The smallest absolute Gasteiger partial charge is 0.282 e. The van der Waals surface area contributed by atoms with Crippen molar-refractivity contribution >= 4 is 33.5 Å². The highest BCUT2D eigenvalue weighted by atomic mass is 32.2. The molecule has 2 aliphatic heterocycles. The molecule has 9 heteroatoms. The lowest BCUT2D eigenvalue weighted by molar-refractivity contribution is -0.127. The minimum Gasteiger partial charge on any atom is -0.373 e. The standard InChI is InChI=1S/C17H25N3O4S2/c1-14-12-20(13-15(2)24-14)26(22,23)19-9-7-18(8-10-19)17(21)6-5-16-4-3-11-25-16/h3-6,11,14-15H,7-10,12-13H2,1-2H3. The molecule has 1 aromatic rings. The third-order valence-electron chi connectivity index (χ3n) is 4.52. The van der Waals surface area contributed by atoms with Gasteiger partial charge in [0, 0.05) is 50.2 Å². The molecule has 1 aromatic heterocycles. The van der Waals surface area contributed by atoms with Gasteiger partial charge in [-0.2, -0.15) is 17.0 Å². The van der Waals surface area contributed by atoms with Gasteiger partial charge in [0.2, 0.25) is 5.91 Å². The van der Waals surface area contributed by atoms with Crippen molar-refractivity contribution in [3.05, 3.63) is 28.5 Å². The average molecular weight is 400 g/mol. The Labute approximate surface area is 159 Å². The van der Waals surface area contributed by atoms with E-state index in [0.29, 0.717) is 39.3 Å². The molecule has 2 saturated heterocycles. The molecule has 2 aliphatic rings. The Kier molecular flexibility index (Phi) is 6.13. The van der Waals surface area contributed by atoms with Gasteiger partial charge in [0.05, 0.1) is 12.2 Å². The van der Waals surface area contributed by atoms with Crippen molar-refractivity contribution in [2.24, 2.45) is 0 Å². The van der Waals surface area contributed by atoms with Crippen LogP contribution in [0, 0.1) is 0 Å². The first kappa shape index (κ1) is 19.5. The van der Waals surface area contributed by atoms with Crippen LogP contribution in [0.1, 0.15) is 18.7 Å². The summed E-state index contributed by atoms with van der Waals surface area (Å²) in [5, 5.41) is 1.96. The van der Waals surface area contributed by atoms with E-state index in [2.05, 4.69) is 0 Å². The van der Waals surface area contributed by atoms with Gasteiger partial charge in [0.25, 0.3) is 10.2 Å². The second kappa shape index (κ2) is 8.18. The van der Waals surface area contributed by atoms with Crippen molar-refractivity contribution in [1.29, 1.82) is 0 Å². The van der Waals surface area contributed by atoms with Crippen LogP contribution in [-0.4, -0.2) is 79.3 Å². The molecule has 7 nitrogen and oxygen atoms in total. The molecule has 2 fully saturated rings. The first-order valence-corrected chi connectivity index (χ1v) is 11.0. The summed E-state index contributed by atoms with van der Waals surface area (Å²) in [6.07, 6.45) is 3.13. The summed E-state index contributed by atoms with van der Waals surface area (Å²) in [4.78, 5) is 15.0. The Morgan fingerprint density at radius 1 is 1.15 bits per heavy atom. The maximum absolute atomic E-state index is 12.9. The molecule has 0 aromatic carbocycles. The lowest BCUT2D eigenvalue weighted by atomic mass is 10.3. The van der Waals surface area contributed by atoms with Crippen molar-refractivity contribution < 1.29 is 17.9 Å². The zero-order valence-corrected chi connectivity index (χ0v) is 16.7. The van der Waals surface area contributed by atoms with Crippen LogP contribution in [0.5, 0.6) is 0 Å². The Hall–Kier alpha value is -1.26. The fourth-order valence-corrected chi connectivity index (χ4v) is 5.63. The second-order valence-corrected chi connectivity index (χ2v) is 9.56. The fourth-order valence-electron chi connectivity index (χ4n) is 3.27. The van der Waals surface area contributed by atoms with Gasteiger partial charge in [-0.1, -0.05) is 6.07 Å². The van der Waals surface area contributed by atoms with Crippen LogP contribution in [0.4, 0.5) is 0 Å². The van der Waals surface area contributed by atoms with Crippen LogP contribution in [0.15, 0.2) is 23.6 Å². The molecule has 0 radical (unpaired) electrons. The van der Waals surface area contributed by atoms with Crippen LogP contribution in [0.2, 0.25) is 0 Å². The third kappa shape index (κ3) is 4.52. The summed E-state index contributed by atoms with van der Waals surface area (Å²) in [6, 6.07) is 3.88. The summed E-state index contributed by atoms with van der Waals surface area (Å²) in [5.41, 5.74) is 0. The van der Waals surface area contributed by atoms with E-state index >= 15 is 0 Å². The van der Waals surface area contributed by atoms with Crippen LogP contribution < -0.4 is 0 Å². The van der Waals surface area contributed by atoms with E-state index in [0.717, 1.165) is 4.88 Å². The molecule has 1 amide bonds. The molecule has 0 bridgehead atoms. The predicted molar refractivity (Wildman–Crippen MR) is 102 cm³/mol. The van der Waals surface area contributed by atoms with Crippen molar-refractivity contribution in [3.63, 3.8) is 0 Å². The van der Waals surface area contributed by atoms with Gasteiger partial charge in [-0.3, -0.25) is 4.79 Å². The monoisotopic (exact) mass is 399 g/mol. The number of amides is 1. The molecule has 0 spiro atoms. The number of hydrogen-bond donors (Lipinski definition) is 0. The lowest BCUT2D eigenvalue weighted by Crippen LogP contribution is -2.57. The summed E-state index contributed by atoms with van der Waals surface area (Å²) in [6.45, 7) is 5.96. The molecule has 3 heterocycles. The van der Waals surface area contributed by atoms with Crippen LogP contribution in [-0.2, 0) is 19.7 Å². The second-order valence-electron chi connectivity index (χ2n) is 6.66. The van der Waals surface area contributed by atoms with Crippen molar-refractivity contribution in [1.82, 2.24) is 13.5 Å². The molecule has 26 heavy (non-hydrogen) atoms. The van der Waals surface area contributed by atoms with E-state index in [9.17, 15) is 13.2 Å². The number of morpholine rings is 1. The number of carbonyl (C=O) groups excluding carboxylic acids is 1. The number of carbonyl (C=O) groups is 1. The quantitative estimate of drug-likeness (QED) is 0.715. The van der Waals surface area contributed by atoms with E-state index in [1.807, 2.05) is 31.4 Å². The van der Waals surface area contributed by atoms with E-state index in [1.165, 1.54) is 8.61 Å². The average Bonchev–Trinajstić information content (AvgIpc) is 3.12. The van der Waals surface area contributed by atoms with Gasteiger partial charge in [0.15, 0.2) is 0 Å². The maximum atomic E-state index is 12.9. The van der Waals surface area contributed by atoms with Crippen molar-refractivity contribution in [2.45, 2.75) is 26.1 Å². The first-order valence-electron chi connectivity index (χ1n) is 8.77. The van der Waals surface area contributed by atoms with Crippen LogP contribution in [0.25, 0.3) is 6.08 Å². The van der Waals surface area contributed by atoms with Gasteiger partial charge < -0.3 is 9.64 Å². The topological polar surface area (TPSA) is 70.2 Å². The highest BCUT2D eigenvalue weighted by Crippen LogP contribution is 2.19. The number of ether oxygens (including phenoxy) is 1. The van der Waals surface area contributed by atoms with Gasteiger partial charge in [0.1, 0.15) is 0 Å². The highest BCUT2D eigenvalue weighted by molar-refractivity contribution is 7.86. The molecule has 144 valence electrons. The van der Waals surface area contributed by atoms with Crippen LogP contribution in [0.3, 0.4) is 0 Å². The Morgan fingerprint density at radius 2 is 1.81 bits per heavy atom. The number of rotatable bonds is 4. The number of thiophene rings is 1. The summed E-state index contributed by atoms with van der Waals surface area (Å²) < 4.78 is 34.3. The van der Waals surface area contributed by atoms with Gasteiger partial charge >= 0.3 is 0 Å². The van der Waals surface area contributed by atoms with E-state index in [1.54, 1.807) is 28.4 Å². The molecule has 0 N–H and O–H groups in total. The van der Waals surface area contributed by atoms with Crippen molar-refractivity contribution in [3.8, 4) is 0 Å². The molecular formula is C17H25N3O4S2. The number of nitrogens with zero attached hydrogens (tertiary/aromatic N) is 3. The highest BCUT2D eigenvalue weighted by Gasteiger charge is 2.37. The zero-order valence-electron chi connectivity index (χ0n) is 15.1. The summed E-state index contributed by atoms with van der Waals surface area (Å²) >= 11 is 1.57. The molecule has 2 atom stereocenters. The summed E-state index contributed by atoms with van der Waals surface area (Å²) in [7, 11) is -3.52. The Morgan fingerprint density at radius 3 is 2.38 bits per heavy atom. The maximum Gasteiger partial charge on any atom is 0.282 e. The predicted octanol–water partition coefficient (Wildman–Crippen LogP) is 1.26. The van der Waals surface area contributed by atoms with Gasteiger partial charge in [-0.15, -0.1) is 11.3 Å². The number of hydrogen-bond acceptors (Lipinski definition) is 5. The first-order chi connectivity index (χ1) is 12.4. The van der Waals surface area contributed by atoms with Gasteiger partial charge in [-0.25, -0.2) is 0 Å². The summed E-state index contributed by atoms with van der Waals surface area (Å²) in [5.74, 6) is -0.0796. The lowest BCUT2D eigenvalue weighted by Gasteiger charge is -2.40. The Bertz CT molecular complexity index is 730. The molecule has 3 rings (SSSR count). The largest absolute Gasteiger partial charge is 0.373 e. The normalized spacial score (nSPS) is 26.5. The van der Waals surface area contributed by atoms with Crippen LogP contribution >= 0.6 is 11.3 Å². The molecule has 0 saturated carbocycles. The van der Waals surface area contributed by atoms with E-state index < -0.39 is 10.2 Å². The van der Waals surface area contributed by atoms with E-state index in [4.69, 9.17) is 4.74 Å². The minimum atomic E-state index is -3.52. The van der Waals surface area contributed by atoms with E-state index in [-0.39, 0.29) is 18.1 Å². The SMILES string of the molecule is CC1CN(S(=O)(=O)N2CCN(C(=O)C=Cc3cccs3)CC2)CC(C)O1. The third-order valence-corrected chi connectivity index (χ3v) is 7.33. The molecular weight excluding hydrogens is 374 g/mol.